The van der Waals surface area contributed by atoms with Gasteiger partial charge in [0.2, 0.25) is 5.91 Å². The topological polar surface area (TPSA) is 63.4 Å². The van der Waals surface area contributed by atoms with Crippen LogP contribution in [0.5, 0.6) is 0 Å². The lowest BCUT2D eigenvalue weighted by atomic mass is 10.0. The van der Waals surface area contributed by atoms with E-state index in [0.29, 0.717) is 10.9 Å². The number of benzene rings is 2. The fraction of sp³-hybridized carbons (Fsp3) is 0.200. The predicted octanol–water partition coefficient (Wildman–Crippen LogP) is 5.39. The number of fused-ring (bicyclic) bond motifs is 4. The molecule has 0 atom stereocenters. The Labute approximate surface area is 199 Å². The SMILES string of the molecule is Cc1ccc(-c2csc3ncn4c(SCC(=O)N5CCCc6ccccc65)nnc4c23)cc1. The number of rotatable bonds is 4. The molecule has 1 amide bonds. The number of thioether (sulfide) groups is 1. The Hall–Kier alpha value is -3.23. The maximum Gasteiger partial charge on any atom is 0.237 e. The summed E-state index contributed by atoms with van der Waals surface area (Å²) < 4.78 is 1.90. The number of hydrogen-bond donors (Lipinski definition) is 0. The van der Waals surface area contributed by atoms with Gasteiger partial charge in [-0.15, -0.1) is 21.5 Å². The van der Waals surface area contributed by atoms with Crippen molar-refractivity contribution >= 4 is 50.6 Å². The second-order valence-electron chi connectivity index (χ2n) is 8.18. The summed E-state index contributed by atoms with van der Waals surface area (Å²) in [6.45, 7) is 2.84. The van der Waals surface area contributed by atoms with Crippen LogP contribution < -0.4 is 4.90 Å². The molecule has 6 rings (SSSR count). The van der Waals surface area contributed by atoms with Gasteiger partial charge in [-0.3, -0.25) is 9.20 Å². The van der Waals surface area contributed by atoms with Gasteiger partial charge in [-0.2, -0.15) is 0 Å². The van der Waals surface area contributed by atoms with E-state index in [1.165, 1.54) is 22.9 Å². The van der Waals surface area contributed by atoms with E-state index in [1.807, 2.05) is 27.5 Å². The Morgan fingerprint density at radius 3 is 2.85 bits per heavy atom. The van der Waals surface area contributed by atoms with E-state index in [9.17, 15) is 4.79 Å². The van der Waals surface area contributed by atoms with Crippen molar-refractivity contribution < 1.29 is 4.79 Å². The lowest BCUT2D eigenvalue weighted by Crippen LogP contribution is -2.36. The number of anilines is 1. The van der Waals surface area contributed by atoms with E-state index in [2.05, 4.69) is 57.8 Å². The van der Waals surface area contributed by atoms with Crippen molar-refractivity contribution in [2.75, 3.05) is 17.2 Å². The van der Waals surface area contributed by atoms with Crippen molar-refractivity contribution in [3.8, 4) is 11.1 Å². The van der Waals surface area contributed by atoms with Crippen LogP contribution in [-0.4, -0.2) is 37.8 Å². The van der Waals surface area contributed by atoms with Gasteiger partial charge >= 0.3 is 0 Å². The highest BCUT2D eigenvalue weighted by molar-refractivity contribution is 7.99. The van der Waals surface area contributed by atoms with Crippen LogP contribution in [0.25, 0.3) is 27.0 Å². The standard InChI is InChI=1S/C25H21N5OS2/c1-16-8-10-17(11-9-16)19-13-32-24-22(19)23-27-28-25(30(23)15-26-24)33-14-21(31)29-12-4-6-18-5-2-3-7-20(18)29/h2-3,5,7-11,13,15H,4,6,12,14H2,1H3. The number of carbonyl (C=O) groups is 1. The molecule has 3 aromatic heterocycles. The van der Waals surface area contributed by atoms with Crippen molar-refractivity contribution in [2.24, 2.45) is 0 Å². The number of hydrogen-bond acceptors (Lipinski definition) is 6. The third kappa shape index (κ3) is 3.59. The lowest BCUT2D eigenvalue weighted by Gasteiger charge is -2.29. The average Bonchev–Trinajstić information content (AvgIpc) is 3.46. The predicted molar refractivity (Wildman–Crippen MR) is 134 cm³/mol. The van der Waals surface area contributed by atoms with Crippen LogP contribution in [0, 0.1) is 6.92 Å². The minimum absolute atomic E-state index is 0.0915. The summed E-state index contributed by atoms with van der Waals surface area (Å²) in [5.41, 5.74) is 6.52. The summed E-state index contributed by atoms with van der Waals surface area (Å²) >= 11 is 3.02. The highest BCUT2D eigenvalue weighted by atomic mass is 32.2. The molecule has 0 spiro atoms. The molecule has 4 heterocycles. The maximum atomic E-state index is 13.1. The van der Waals surface area contributed by atoms with Crippen molar-refractivity contribution in [1.82, 2.24) is 19.6 Å². The largest absolute Gasteiger partial charge is 0.311 e. The van der Waals surface area contributed by atoms with Crippen molar-refractivity contribution in [3.05, 3.63) is 71.4 Å². The highest BCUT2D eigenvalue weighted by Crippen LogP contribution is 2.36. The molecule has 164 valence electrons. The molecule has 0 unspecified atom stereocenters. The summed E-state index contributed by atoms with van der Waals surface area (Å²) in [6, 6.07) is 16.7. The number of aromatic nitrogens is 4. The van der Waals surface area contributed by atoms with Crippen LogP contribution in [0.1, 0.15) is 17.5 Å². The van der Waals surface area contributed by atoms with Crippen molar-refractivity contribution in [2.45, 2.75) is 24.9 Å². The van der Waals surface area contributed by atoms with E-state index in [-0.39, 0.29) is 5.91 Å². The van der Waals surface area contributed by atoms with Crippen LogP contribution >= 0.6 is 23.1 Å². The third-order valence-corrected chi connectivity index (χ3v) is 7.86. The van der Waals surface area contributed by atoms with Crippen LogP contribution in [-0.2, 0) is 11.2 Å². The second-order valence-corrected chi connectivity index (χ2v) is 9.98. The van der Waals surface area contributed by atoms with Gasteiger partial charge in [-0.05, 0) is 37.0 Å². The molecule has 1 aliphatic heterocycles. The summed E-state index contributed by atoms with van der Waals surface area (Å²) in [7, 11) is 0. The molecule has 0 saturated heterocycles. The first-order chi connectivity index (χ1) is 16.2. The van der Waals surface area contributed by atoms with Crippen LogP contribution in [0.15, 0.2) is 65.4 Å². The Morgan fingerprint density at radius 2 is 1.97 bits per heavy atom. The fourth-order valence-corrected chi connectivity index (χ4v) is 6.05. The smallest absolute Gasteiger partial charge is 0.237 e. The molecule has 6 nitrogen and oxygen atoms in total. The Kier molecular flexibility index (Phi) is 5.11. The fourth-order valence-electron chi connectivity index (χ4n) is 4.36. The van der Waals surface area contributed by atoms with Gasteiger partial charge < -0.3 is 4.90 Å². The van der Waals surface area contributed by atoms with Gasteiger partial charge in [-0.1, -0.05) is 59.8 Å². The molecule has 0 fully saturated rings. The highest BCUT2D eigenvalue weighted by Gasteiger charge is 2.23. The van der Waals surface area contributed by atoms with E-state index in [4.69, 9.17) is 0 Å². The van der Waals surface area contributed by atoms with Crippen molar-refractivity contribution in [1.29, 1.82) is 0 Å². The van der Waals surface area contributed by atoms with Crippen LogP contribution in [0.4, 0.5) is 5.69 Å². The maximum absolute atomic E-state index is 13.1. The quantitative estimate of drug-likeness (QED) is 0.329. The summed E-state index contributed by atoms with van der Waals surface area (Å²) in [5.74, 6) is 0.399. The minimum atomic E-state index is 0.0915. The molecule has 0 N–H and O–H groups in total. The van der Waals surface area contributed by atoms with Gasteiger partial charge in [0.05, 0.1) is 11.1 Å². The number of thiophene rings is 1. The summed E-state index contributed by atoms with van der Waals surface area (Å²) in [6.07, 6.45) is 3.77. The van der Waals surface area contributed by atoms with Gasteiger partial charge in [0, 0.05) is 23.2 Å². The van der Waals surface area contributed by atoms with E-state index in [0.717, 1.165) is 52.1 Å². The first-order valence-corrected chi connectivity index (χ1v) is 12.7. The summed E-state index contributed by atoms with van der Waals surface area (Å²) in [5, 5.41) is 12.7. The first-order valence-electron chi connectivity index (χ1n) is 10.9. The normalized spacial score (nSPS) is 13.5. The number of amides is 1. The molecule has 0 bridgehead atoms. The number of aryl methyl sites for hydroxylation is 2. The Balaban J connectivity index is 1.30. The minimum Gasteiger partial charge on any atom is -0.311 e. The monoisotopic (exact) mass is 471 g/mol. The first kappa shape index (κ1) is 20.4. The van der Waals surface area contributed by atoms with Gasteiger partial charge in [0.1, 0.15) is 11.2 Å². The van der Waals surface area contributed by atoms with Crippen LogP contribution in [0.3, 0.4) is 0 Å². The number of para-hydroxylation sites is 1. The Bertz CT molecular complexity index is 1490. The molecule has 0 saturated carbocycles. The second kappa shape index (κ2) is 8.28. The van der Waals surface area contributed by atoms with E-state index < -0.39 is 0 Å². The van der Waals surface area contributed by atoms with Gasteiger partial charge in [-0.25, -0.2) is 4.98 Å². The molecule has 0 aliphatic carbocycles. The average molecular weight is 472 g/mol. The zero-order chi connectivity index (χ0) is 22.4. The number of nitrogens with zero attached hydrogens (tertiary/aromatic N) is 5. The van der Waals surface area contributed by atoms with E-state index >= 15 is 0 Å². The molecule has 1 aliphatic rings. The molecule has 8 heteroatoms. The summed E-state index contributed by atoms with van der Waals surface area (Å²) in [4.78, 5) is 20.5. The molecule has 33 heavy (non-hydrogen) atoms. The molecule has 2 aromatic carbocycles. The lowest BCUT2D eigenvalue weighted by molar-refractivity contribution is -0.116. The van der Waals surface area contributed by atoms with E-state index in [1.54, 1.807) is 17.7 Å². The van der Waals surface area contributed by atoms with Crippen molar-refractivity contribution in [3.63, 3.8) is 0 Å². The zero-order valence-corrected chi connectivity index (χ0v) is 19.7. The molecular formula is C25H21N5OS2. The molecule has 0 radical (unpaired) electrons. The molecule has 5 aromatic rings. The Morgan fingerprint density at radius 1 is 1.12 bits per heavy atom. The van der Waals surface area contributed by atoms with Gasteiger partial charge in [0.15, 0.2) is 10.8 Å². The number of carbonyl (C=O) groups excluding carboxylic acids is 1. The van der Waals surface area contributed by atoms with Crippen LogP contribution in [0.2, 0.25) is 0 Å². The zero-order valence-electron chi connectivity index (χ0n) is 18.1. The van der Waals surface area contributed by atoms with Gasteiger partial charge in [0.25, 0.3) is 0 Å². The third-order valence-electron chi connectivity index (χ3n) is 6.05. The molecular weight excluding hydrogens is 450 g/mol.